The molecule has 86 heavy (non-hydrogen) atoms. The third-order valence-electron chi connectivity index (χ3n) is 14.0. The monoisotopic (exact) mass is 1220 g/mol. The van der Waals surface area contributed by atoms with Crippen LogP contribution < -0.4 is 31.9 Å². The fraction of sp³-hybridized carbons (Fsp3) is 0.175. The number of rotatable bonds is 22. The second kappa shape index (κ2) is 26.1. The Morgan fingerprint density at radius 1 is 0.419 bits per heavy atom. The molecule has 6 N–H and O–H groups in total. The Bertz CT molecular complexity index is 3450. The number of anilines is 3. The van der Waals surface area contributed by atoms with Gasteiger partial charge in [-0.25, -0.2) is 4.79 Å². The number of alkyl halides is 3. The lowest BCUT2D eigenvalue weighted by atomic mass is 9.79. The zero-order chi connectivity index (χ0) is 61.1. The van der Waals surface area contributed by atoms with Crippen molar-refractivity contribution in [3.05, 3.63) is 247 Å². The number of carbonyl (C=O) groups excluding carboxylic acids is 7. The molecule has 3 aromatic carbocycles. The largest absolute Gasteiger partial charge is 0.490 e. The average Bonchev–Trinajstić information content (AvgIpc) is 1.64. The van der Waals surface area contributed by atoms with E-state index < -0.39 is 69.8 Å². The molecule has 3 atom stereocenters. The maximum atomic E-state index is 14.8. The van der Waals surface area contributed by atoms with Crippen molar-refractivity contribution in [2.45, 2.75) is 68.4 Å². The van der Waals surface area contributed by atoms with E-state index in [0.717, 1.165) is 16.7 Å². The van der Waals surface area contributed by atoms with Gasteiger partial charge in [-0.3, -0.25) is 43.7 Å². The number of thiophene rings is 3. The smallest absolute Gasteiger partial charge is 0.438 e. The highest BCUT2D eigenvalue weighted by Crippen LogP contribution is 2.44. The fourth-order valence-corrected chi connectivity index (χ4v) is 11.4. The standard InChI is InChI=1S/C63H54F3N9O8S3/c1-59(49-10-4-7-28-67-49,73-52(76)34-40-25-31-84-37-40)55(79)70-46-19-13-43(14-20-46)62(83-58(82)63(64,65)66,44-15-21-47(22-16-44)71-56(80)60(2,50-11-5-8-29-68-50)74-53(77)35-41-26-32-85-38-41)45-17-23-48(24-18-45)72-57(81)61(3,51-12-6-9-30-69-51)75-54(78)36-42-27-33-86-39-42/h4-33,37-39H,34-36H2,1-3H3,(H,70,79)(H,71,80)(H,72,81)(H,73,76)(H,74,77)(H,75,78)/t59-,60-,61-/m1/s1. The van der Waals surface area contributed by atoms with Crippen molar-refractivity contribution in [1.82, 2.24) is 30.9 Å². The number of hydrogen-bond donors (Lipinski definition) is 6. The first-order chi connectivity index (χ1) is 41.2. The van der Waals surface area contributed by atoms with E-state index in [0.29, 0.717) is 0 Å². The third-order valence-corrected chi connectivity index (χ3v) is 16.2. The summed E-state index contributed by atoms with van der Waals surface area (Å²) >= 11 is 4.22. The number of esters is 1. The predicted octanol–water partition coefficient (Wildman–Crippen LogP) is 10.1. The number of nitrogens with zero attached hydrogens (tertiary/aromatic N) is 3. The first-order valence-electron chi connectivity index (χ1n) is 26.4. The highest BCUT2D eigenvalue weighted by molar-refractivity contribution is 7.08. The molecule has 0 unspecified atom stereocenters. The summed E-state index contributed by atoms with van der Waals surface area (Å²) in [6.07, 6.45) is -1.28. The van der Waals surface area contributed by atoms with Crippen LogP contribution in [0.2, 0.25) is 0 Å². The summed E-state index contributed by atoms with van der Waals surface area (Å²) in [5.74, 6) is -6.21. The molecule has 0 bridgehead atoms. The molecular weight excluding hydrogens is 1160 g/mol. The van der Waals surface area contributed by atoms with Gasteiger partial charge in [0.05, 0.1) is 36.3 Å². The SMILES string of the molecule is C[C@](NC(=O)Cc1ccsc1)(C(=O)Nc1ccc(C(OC(=O)C(F)(F)F)(c2ccc(NC(=O)[C@](C)(NC(=O)Cc3ccsc3)c3ccccn3)cc2)c2ccc(NC(=O)[C@](C)(NC(=O)Cc3ccsc3)c3ccccn3)cc2)cc1)c1ccccn1. The van der Waals surface area contributed by atoms with Gasteiger partial charge < -0.3 is 36.6 Å². The topological polar surface area (TPSA) is 240 Å². The maximum Gasteiger partial charge on any atom is 0.490 e. The lowest BCUT2D eigenvalue weighted by Crippen LogP contribution is -2.53. The number of aromatic nitrogens is 3. The van der Waals surface area contributed by atoms with Gasteiger partial charge in [0.15, 0.2) is 22.2 Å². The number of halogens is 3. The molecule has 6 aromatic heterocycles. The minimum absolute atomic E-state index is 0.0363. The van der Waals surface area contributed by atoms with Gasteiger partial charge in [-0.2, -0.15) is 47.2 Å². The van der Waals surface area contributed by atoms with Gasteiger partial charge in [0, 0.05) is 52.3 Å². The molecule has 0 radical (unpaired) electrons. The van der Waals surface area contributed by atoms with E-state index in [-0.39, 0.29) is 70.1 Å². The summed E-state index contributed by atoms with van der Waals surface area (Å²) in [4.78, 5) is 110. The summed E-state index contributed by atoms with van der Waals surface area (Å²) in [5.41, 5.74) is -4.88. The molecule has 6 amide bonds. The van der Waals surface area contributed by atoms with Crippen LogP contribution in [0.3, 0.4) is 0 Å². The number of hydrogen-bond acceptors (Lipinski definition) is 14. The average molecular weight is 1220 g/mol. The third kappa shape index (κ3) is 13.9. The van der Waals surface area contributed by atoms with Crippen LogP contribution in [-0.2, 0) is 79.8 Å². The van der Waals surface area contributed by atoms with E-state index in [2.05, 4.69) is 46.9 Å². The van der Waals surface area contributed by atoms with E-state index in [1.54, 1.807) is 88.9 Å². The Morgan fingerprint density at radius 3 is 0.942 bits per heavy atom. The van der Waals surface area contributed by atoms with Gasteiger partial charge in [-0.05, 0) is 161 Å². The van der Waals surface area contributed by atoms with Crippen LogP contribution in [0.5, 0.6) is 0 Å². The number of carbonyl (C=O) groups is 7. The van der Waals surface area contributed by atoms with Gasteiger partial charge >= 0.3 is 12.1 Å². The molecule has 0 fully saturated rings. The second-order valence-electron chi connectivity index (χ2n) is 20.3. The van der Waals surface area contributed by atoms with Gasteiger partial charge in [0.25, 0.3) is 17.7 Å². The molecule has 0 saturated carbocycles. The Labute approximate surface area is 503 Å². The van der Waals surface area contributed by atoms with Crippen LogP contribution in [0.1, 0.15) is 71.2 Å². The molecule has 17 nitrogen and oxygen atoms in total. The summed E-state index contributed by atoms with van der Waals surface area (Å²) in [6, 6.07) is 36.2. The van der Waals surface area contributed by atoms with Crippen LogP contribution in [0.25, 0.3) is 0 Å². The Hall–Kier alpha value is -9.71. The van der Waals surface area contributed by atoms with Crippen molar-refractivity contribution in [3.63, 3.8) is 0 Å². The lowest BCUT2D eigenvalue weighted by Gasteiger charge is -2.36. The molecule has 9 aromatic rings. The van der Waals surface area contributed by atoms with Gasteiger partial charge in [-0.15, -0.1) is 0 Å². The lowest BCUT2D eigenvalue weighted by molar-refractivity contribution is -0.209. The highest BCUT2D eigenvalue weighted by atomic mass is 32.1. The van der Waals surface area contributed by atoms with Crippen LogP contribution in [0.4, 0.5) is 30.2 Å². The van der Waals surface area contributed by atoms with E-state index in [1.807, 2.05) is 16.1 Å². The molecule has 9 rings (SSSR count). The van der Waals surface area contributed by atoms with Gasteiger partial charge in [0.1, 0.15) is 0 Å². The summed E-state index contributed by atoms with van der Waals surface area (Å²) < 4.78 is 50.0. The summed E-state index contributed by atoms with van der Waals surface area (Å²) in [6.45, 7) is 4.44. The van der Waals surface area contributed by atoms with Crippen LogP contribution in [0, 0.1) is 0 Å². The highest BCUT2D eigenvalue weighted by Gasteiger charge is 2.50. The summed E-state index contributed by atoms with van der Waals surface area (Å²) in [5, 5.41) is 27.7. The zero-order valence-corrected chi connectivity index (χ0v) is 48.6. The minimum atomic E-state index is -5.56. The number of amides is 6. The quantitative estimate of drug-likeness (QED) is 0.0276. The van der Waals surface area contributed by atoms with Crippen molar-refractivity contribution < 1.29 is 51.5 Å². The van der Waals surface area contributed by atoms with Crippen molar-refractivity contribution >= 4 is 92.5 Å². The molecule has 23 heteroatoms. The molecule has 438 valence electrons. The first kappa shape index (κ1) is 60.9. The molecule has 0 spiro atoms. The minimum Gasteiger partial charge on any atom is -0.438 e. The molecule has 0 aliphatic heterocycles. The maximum absolute atomic E-state index is 14.8. The number of ether oxygens (including phenoxy) is 1. The van der Waals surface area contributed by atoms with Crippen molar-refractivity contribution in [3.8, 4) is 0 Å². The predicted molar refractivity (Wildman–Crippen MR) is 321 cm³/mol. The molecular formula is C63H54F3N9O8S3. The Balaban J connectivity index is 1.09. The van der Waals surface area contributed by atoms with Crippen molar-refractivity contribution in [1.29, 1.82) is 0 Å². The van der Waals surface area contributed by atoms with Crippen molar-refractivity contribution in [2.75, 3.05) is 16.0 Å². The van der Waals surface area contributed by atoms with Crippen LogP contribution in [-0.4, -0.2) is 62.5 Å². The van der Waals surface area contributed by atoms with E-state index in [4.69, 9.17) is 4.74 Å². The number of pyridine rings is 3. The Morgan fingerprint density at radius 2 is 0.709 bits per heavy atom. The fourth-order valence-electron chi connectivity index (χ4n) is 9.40. The number of benzene rings is 3. The number of nitrogens with one attached hydrogen (secondary N) is 6. The molecule has 0 aliphatic rings. The second-order valence-corrected chi connectivity index (χ2v) is 22.6. The molecule has 6 heterocycles. The summed E-state index contributed by atoms with van der Waals surface area (Å²) in [7, 11) is 0. The normalized spacial score (nSPS) is 13.5. The first-order valence-corrected chi connectivity index (χ1v) is 29.3. The molecule has 0 saturated heterocycles. The molecule has 0 aliphatic carbocycles. The van der Waals surface area contributed by atoms with Crippen LogP contribution >= 0.6 is 34.0 Å². The van der Waals surface area contributed by atoms with Crippen molar-refractivity contribution in [2.24, 2.45) is 0 Å². The van der Waals surface area contributed by atoms with E-state index in [9.17, 15) is 46.7 Å². The van der Waals surface area contributed by atoms with E-state index in [1.165, 1.54) is 146 Å². The van der Waals surface area contributed by atoms with Crippen LogP contribution in [0.15, 0.2) is 196 Å². The Kier molecular flexibility index (Phi) is 18.4. The van der Waals surface area contributed by atoms with E-state index >= 15 is 0 Å². The van der Waals surface area contributed by atoms with Gasteiger partial charge in [-0.1, -0.05) is 54.6 Å². The zero-order valence-electron chi connectivity index (χ0n) is 46.1. The van der Waals surface area contributed by atoms with Gasteiger partial charge in [0.2, 0.25) is 17.7 Å².